The summed E-state index contributed by atoms with van der Waals surface area (Å²) in [6.45, 7) is 10.3. The normalized spacial score (nSPS) is 24.4. The molecule has 5 heterocycles. The number of benzene rings is 1. The highest BCUT2D eigenvalue weighted by Crippen LogP contribution is 2.44. The molecule has 2 bridgehead atoms. The zero-order chi connectivity index (χ0) is 26.8. The number of rotatable bonds is 11. The maximum Gasteiger partial charge on any atom is 0.328 e. The van der Waals surface area contributed by atoms with Crippen molar-refractivity contribution in [1.29, 1.82) is 0 Å². The first-order valence-corrected chi connectivity index (χ1v) is 13.4. The molecule has 1 aromatic carbocycles. The Bertz CT molecular complexity index is 1290. The molecule has 6 rings (SSSR count). The second-order valence-electron chi connectivity index (χ2n) is 10.9. The lowest BCUT2D eigenvalue weighted by molar-refractivity contribution is -0.141. The molecule has 3 saturated heterocycles. The van der Waals surface area contributed by atoms with Gasteiger partial charge in [0.15, 0.2) is 6.04 Å². The van der Waals surface area contributed by atoms with Crippen molar-refractivity contribution >= 4 is 16.9 Å². The molecule has 3 aromatic rings. The first-order valence-electron chi connectivity index (χ1n) is 13.4. The van der Waals surface area contributed by atoms with Crippen LogP contribution in [0.5, 0.6) is 5.75 Å². The Balaban J connectivity index is 1.45. The van der Waals surface area contributed by atoms with Gasteiger partial charge in [0, 0.05) is 24.2 Å². The van der Waals surface area contributed by atoms with Crippen LogP contribution < -0.4 is 4.74 Å². The van der Waals surface area contributed by atoms with E-state index in [1.165, 1.54) is 11.1 Å². The Labute approximate surface area is 223 Å². The van der Waals surface area contributed by atoms with Gasteiger partial charge in [0.25, 0.3) is 0 Å². The number of carbonyl (C=O) groups is 1. The first kappa shape index (κ1) is 26.3. The second-order valence-corrected chi connectivity index (χ2v) is 10.9. The molecule has 0 spiro atoms. The fourth-order valence-corrected chi connectivity index (χ4v) is 6.10. The fourth-order valence-electron chi connectivity index (χ4n) is 6.10. The summed E-state index contributed by atoms with van der Waals surface area (Å²) in [5.41, 5.74) is 2.57. The molecule has 0 aliphatic carbocycles. The SMILES string of the molecule is C=C[C@H]1CN2CC[C@H]1C[C@@H]2[C@H](OCc1cn([C@@H](CC(C)C)C(=O)O)nn1)c1ccnc2ccc(OC)cc12. The molecule has 202 valence electrons. The molecule has 9 heteroatoms. The molecule has 3 aliphatic rings. The predicted octanol–water partition coefficient (Wildman–Crippen LogP) is 4.66. The highest BCUT2D eigenvalue weighted by Gasteiger charge is 2.43. The average Bonchev–Trinajstić information content (AvgIpc) is 3.40. The molecule has 9 nitrogen and oxygen atoms in total. The summed E-state index contributed by atoms with van der Waals surface area (Å²) < 4.78 is 13.7. The van der Waals surface area contributed by atoms with Gasteiger partial charge in [-0.25, -0.2) is 9.48 Å². The summed E-state index contributed by atoms with van der Waals surface area (Å²) in [4.78, 5) is 19.0. The van der Waals surface area contributed by atoms with Crippen LogP contribution in [0.2, 0.25) is 0 Å². The van der Waals surface area contributed by atoms with Crippen molar-refractivity contribution in [3.63, 3.8) is 0 Å². The number of ether oxygens (including phenoxy) is 2. The summed E-state index contributed by atoms with van der Waals surface area (Å²) >= 11 is 0. The maximum absolute atomic E-state index is 11.9. The van der Waals surface area contributed by atoms with E-state index in [2.05, 4.69) is 32.9 Å². The van der Waals surface area contributed by atoms with Crippen molar-refractivity contribution in [2.24, 2.45) is 17.8 Å². The summed E-state index contributed by atoms with van der Waals surface area (Å²) in [5.74, 6) is 1.18. The minimum Gasteiger partial charge on any atom is -0.497 e. The highest BCUT2D eigenvalue weighted by molar-refractivity contribution is 5.84. The van der Waals surface area contributed by atoms with Crippen LogP contribution in [-0.2, 0) is 16.1 Å². The maximum atomic E-state index is 11.9. The van der Waals surface area contributed by atoms with Gasteiger partial charge in [-0.05, 0) is 73.4 Å². The molecular formula is C29H37N5O4. The van der Waals surface area contributed by atoms with Gasteiger partial charge < -0.3 is 14.6 Å². The molecule has 1 N–H and O–H groups in total. The third-order valence-electron chi connectivity index (χ3n) is 8.06. The number of nitrogens with zero attached hydrogens (tertiary/aromatic N) is 5. The molecule has 3 fully saturated rings. The summed E-state index contributed by atoms with van der Waals surface area (Å²) in [6, 6.07) is 7.41. The summed E-state index contributed by atoms with van der Waals surface area (Å²) in [7, 11) is 1.67. The van der Waals surface area contributed by atoms with Crippen LogP contribution in [0.25, 0.3) is 10.9 Å². The van der Waals surface area contributed by atoms with Crippen molar-refractivity contribution in [1.82, 2.24) is 24.9 Å². The van der Waals surface area contributed by atoms with Crippen molar-refractivity contribution in [3.05, 3.63) is 60.6 Å². The quantitative estimate of drug-likeness (QED) is 0.365. The molecule has 0 saturated carbocycles. The van der Waals surface area contributed by atoms with Crippen LogP contribution >= 0.6 is 0 Å². The van der Waals surface area contributed by atoms with E-state index in [1.807, 2.05) is 44.3 Å². The number of hydrogen-bond acceptors (Lipinski definition) is 7. The number of carboxylic acid groups (broad SMARTS) is 1. The Morgan fingerprint density at radius 2 is 2.16 bits per heavy atom. The van der Waals surface area contributed by atoms with Gasteiger partial charge in [-0.1, -0.05) is 25.1 Å². The number of aliphatic carboxylic acids is 1. The number of methoxy groups -OCH3 is 1. The molecule has 2 aromatic heterocycles. The zero-order valence-corrected chi connectivity index (χ0v) is 22.4. The Morgan fingerprint density at radius 3 is 2.84 bits per heavy atom. The van der Waals surface area contributed by atoms with E-state index < -0.39 is 12.0 Å². The topological polar surface area (TPSA) is 103 Å². The monoisotopic (exact) mass is 519 g/mol. The van der Waals surface area contributed by atoms with Gasteiger partial charge in [0.05, 0.1) is 31.5 Å². The van der Waals surface area contributed by atoms with Crippen LogP contribution in [0.15, 0.2) is 49.3 Å². The van der Waals surface area contributed by atoms with Gasteiger partial charge in [-0.3, -0.25) is 9.88 Å². The minimum atomic E-state index is -0.908. The highest BCUT2D eigenvalue weighted by atomic mass is 16.5. The van der Waals surface area contributed by atoms with Gasteiger partial charge in [-0.2, -0.15) is 0 Å². The summed E-state index contributed by atoms with van der Waals surface area (Å²) in [6.07, 6.45) is 8.09. The lowest BCUT2D eigenvalue weighted by atomic mass is 9.73. The van der Waals surface area contributed by atoms with Crippen molar-refractivity contribution in [2.75, 3.05) is 20.2 Å². The van der Waals surface area contributed by atoms with E-state index in [9.17, 15) is 9.90 Å². The molecule has 0 amide bonds. The number of hydrogen-bond donors (Lipinski definition) is 1. The second kappa shape index (κ2) is 11.2. The Kier molecular flexibility index (Phi) is 7.76. The number of piperidine rings is 3. The minimum absolute atomic E-state index is 0.199. The molecule has 6 atom stereocenters. The number of fused-ring (bicyclic) bond motifs is 4. The lowest BCUT2D eigenvalue weighted by Crippen LogP contribution is -2.55. The average molecular weight is 520 g/mol. The Hall–Kier alpha value is -3.30. The Morgan fingerprint density at radius 1 is 1.32 bits per heavy atom. The largest absolute Gasteiger partial charge is 0.497 e. The molecule has 0 radical (unpaired) electrons. The van der Waals surface area contributed by atoms with E-state index >= 15 is 0 Å². The third-order valence-corrected chi connectivity index (χ3v) is 8.06. The lowest BCUT2D eigenvalue weighted by Gasteiger charge is -2.51. The van der Waals surface area contributed by atoms with Gasteiger partial charge in [-0.15, -0.1) is 11.7 Å². The molecule has 3 aliphatic heterocycles. The van der Waals surface area contributed by atoms with Gasteiger partial charge >= 0.3 is 5.97 Å². The van der Waals surface area contributed by atoms with Gasteiger partial charge in [0.1, 0.15) is 11.4 Å². The van der Waals surface area contributed by atoms with Crippen LogP contribution in [0.3, 0.4) is 0 Å². The number of aromatic nitrogens is 4. The third kappa shape index (κ3) is 5.31. The first-order chi connectivity index (χ1) is 18.4. The van der Waals surface area contributed by atoms with E-state index in [-0.39, 0.29) is 24.7 Å². The van der Waals surface area contributed by atoms with E-state index in [0.717, 1.165) is 41.7 Å². The summed E-state index contributed by atoms with van der Waals surface area (Å²) in [5, 5.41) is 19.1. The van der Waals surface area contributed by atoms with Crippen LogP contribution in [-0.4, -0.2) is 62.2 Å². The molecule has 38 heavy (non-hydrogen) atoms. The molecule has 1 unspecified atom stereocenters. The van der Waals surface area contributed by atoms with E-state index in [1.54, 1.807) is 13.3 Å². The van der Waals surface area contributed by atoms with Crippen LogP contribution in [0.4, 0.5) is 0 Å². The van der Waals surface area contributed by atoms with Crippen LogP contribution in [0.1, 0.15) is 56.5 Å². The number of carboxylic acids is 1. The van der Waals surface area contributed by atoms with E-state index in [0.29, 0.717) is 24.0 Å². The fraction of sp³-hybridized carbons (Fsp3) is 0.517. The smallest absolute Gasteiger partial charge is 0.328 e. The van der Waals surface area contributed by atoms with Crippen LogP contribution in [0, 0.1) is 17.8 Å². The number of pyridine rings is 1. The molecular weight excluding hydrogens is 482 g/mol. The zero-order valence-electron chi connectivity index (χ0n) is 22.4. The van der Waals surface area contributed by atoms with Gasteiger partial charge in [0.2, 0.25) is 0 Å². The van der Waals surface area contributed by atoms with Crippen molar-refractivity contribution < 1.29 is 19.4 Å². The van der Waals surface area contributed by atoms with E-state index in [4.69, 9.17) is 9.47 Å². The van der Waals surface area contributed by atoms with Crippen molar-refractivity contribution in [3.8, 4) is 5.75 Å². The van der Waals surface area contributed by atoms with Crippen molar-refractivity contribution in [2.45, 2.75) is 57.9 Å². The standard InChI is InChI=1S/C29H37N5O4/c1-5-19-15-33-11-9-20(19)13-26(33)28(23-8-10-30-25-7-6-22(37-4)14-24(23)25)38-17-21-16-34(32-31-21)27(29(35)36)12-18(2)3/h5-8,10,14,16,18-20,26-28H,1,9,11-13,15,17H2,2-4H3,(H,35,36)/t19-,20-,26+,27-,28+/m0/s1. The predicted molar refractivity (Wildman–Crippen MR) is 144 cm³/mol.